The normalized spacial score (nSPS) is 9.71. The largest absolute Gasteiger partial charge is 0.469 e. The Hall–Kier alpha value is -2.56. The SMILES string of the molecule is COC(=O)COC(=O)C#CC(=O)OCC(C)(C)C(=O)OC. The summed E-state index contributed by atoms with van der Waals surface area (Å²) in [4.78, 5) is 44.3. The summed E-state index contributed by atoms with van der Waals surface area (Å²) in [6.07, 6.45) is 0. The average Bonchev–Trinajstić information content (AvgIpc) is 2.47. The quantitative estimate of drug-likeness (QED) is 0.288. The summed E-state index contributed by atoms with van der Waals surface area (Å²) in [5, 5.41) is 0. The molecule has 8 nitrogen and oxygen atoms in total. The summed E-state index contributed by atoms with van der Waals surface area (Å²) in [7, 11) is 2.34. The Morgan fingerprint density at radius 2 is 1.43 bits per heavy atom. The van der Waals surface area contributed by atoms with Gasteiger partial charge in [-0.3, -0.25) is 4.79 Å². The van der Waals surface area contributed by atoms with Crippen molar-refractivity contribution in [1.29, 1.82) is 0 Å². The second kappa shape index (κ2) is 8.58. The number of esters is 4. The van der Waals surface area contributed by atoms with E-state index in [1.54, 1.807) is 0 Å². The van der Waals surface area contributed by atoms with Crippen LogP contribution in [0.2, 0.25) is 0 Å². The molecule has 21 heavy (non-hydrogen) atoms. The first-order valence-electron chi connectivity index (χ1n) is 5.73. The van der Waals surface area contributed by atoms with E-state index in [2.05, 4.69) is 14.2 Å². The van der Waals surface area contributed by atoms with Crippen molar-refractivity contribution < 1.29 is 38.1 Å². The number of ether oxygens (including phenoxy) is 4. The molecule has 0 N–H and O–H groups in total. The molecule has 0 aliphatic heterocycles. The smallest absolute Gasteiger partial charge is 0.385 e. The monoisotopic (exact) mass is 300 g/mol. The minimum Gasteiger partial charge on any atom is -0.469 e. The Morgan fingerprint density at radius 3 is 1.90 bits per heavy atom. The second-order valence-corrected chi connectivity index (χ2v) is 4.35. The maximum atomic E-state index is 11.3. The standard InChI is InChI=1S/C13H16O8/c1-13(2,12(17)19-4)8-21-10(15)6-5-9(14)20-7-11(16)18-3/h7-8H2,1-4H3. The Morgan fingerprint density at radius 1 is 0.905 bits per heavy atom. The van der Waals surface area contributed by atoms with Gasteiger partial charge in [-0.1, -0.05) is 0 Å². The van der Waals surface area contributed by atoms with Crippen LogP contribution < -0.4 is 0 Å². The molecule has 0 unspecified atom stereocenters. The van der Waals surface area contributed by atoms with Crippen LogP contribution in [0.3, 0.4) is 0 Å². The van der Waals surface area contributed by atoms with E-state index in [1.807, 2.05) is 11.8 Å². The van der Waals surface area contributed by atoms with Crippen molar-refractivity contribution >= 4 is 23.9 Å². The van der Waals surface area contributed by atoms with Crippen molar-refractivity contribution in [3.63, 3.8) is 0 Å². The topological polar surface area (TPSA) is 105 Å². The molecule has 0 aliphatic carbocycles. The molecule has 0 fully saturated rings. The fraction of sp³-hybridized carbons (Fsp3) is 0.538. The summed E-state index contributed by atoms with van der Waals surface area (Å²) >= 11 is 0. The van der Waals surface area contributed by atoms with Crippen LogP contribution in [-0.4, -0.2) is 51.3 Å². The zero-order chi connectivity index (χ0) is 16.5. The van der Waals surface area contributed by atoms with Gasteiger partial charge in [-0.25, -0.2) is 14.4 Å². The summed E-state index contributed by atoms with van der Waals surface area (Å²) in [6.45, 7) is 2.17. The van der Waals surface area contributed by atoms with Crippen LogP contribution in [0.5, 0.6) is 0 Å². The Bertz CT molecular complexity index is 480. The van der Waals surface area contributed by atoms with Gasteiger partial charge in [0.05, 0.1) is 19.6 Å². The lowest BCUT2D eigenvalue weighted by atomic mass is 9.95. The predicted octanol–water partition coefficient (Wildman–Crippen LogP) is -0.552. The third-order valence-electron chi connectivity index (χ3n) is 2.12. The van der Waals surface area contributed by atoms with Crippen LogP contribution in [0, 0.1) is 17.3 Å². The van der Waals surface area contributed by atoms with Gasteiger partial charge in [0.25, 0.3) is 0 Å². The van der Waals surface area contributed by atoms with E-state index in [-0.39, 0.29) is 6.61 Å². The molecule has 0 bridgehead atoms. The number of hydrogen-bond donors (Lipinski definition) is 0. The maximum Gasteiger partial charge on any atom is 0.385 e. The molecule has 0 heterocycles. The van der Waals surface area contributed by atoms with Crippen molar-refractivity contribution in [3.05, 3.63) is 0 Å². The highest BCUT2D eigenvalue weighted by molar-refractivity contribution is 5.98. The second-order valence-electron chi connectivity index (χ2n) is 4.35. The molecule has 0 amide bonds. The van der Waals surface area contributed by atoms with Gasteiger partial charge >= 0.3 is 23.9 Å². The zero-order valence-corrected chi connectivity index (χ0v) is 12.2. The third-order valence-corrected chi connectivity index (χ3v) is 2.12. The first-order valence-corrected chi connectivity index (χ1v) is 5.73. The molecule has 0 aromatic rings. The number of methoxy groups -OCH3 is 2. The summed E-state index contributed by atoms with van der Waals surface area (Å²) < 4.78 is 17.9. The van der Waals surface area contributed by atoms with E-state index < -0.39 is 35.9 Å². The van der Waals surface area contributed by atoms with Gasteiger partial charge in [0.15, 0.2) is 6.61 Å². The van der Waals surface area contributed by atoms with Crippen LogP contribution in [0.4, 0.5) is 0 Å². The number of carbonyl (C=O) groups excluding carboxylic acids is 4. The van der Waals surface area contributed by atoms with Crippen LogP contribution in [-0.2, 0) is 38.1 Å². The van der Waals surface area contributed by atoms with Crippen LogP contribution in [0.1, 0.15) is 13.8 Å². The van der Waals surface area contributed by atoms with Gasteiger partial charge < -0.3 is 18.9 Å². The lowest BCUT2D eigenvalue weighted by molar-refractivity contribution is -0.157. The Labute approximate surface area is 121 Å². The lowest BCUT2D eigenvalue weighted by Crippen LogP contribution is -2.31. The summed E-state index contributed by atoms with van der Waals surface area (Å²) in [5.41, 5.74) is -1.03. The molecule has 0 aromatic heterocycles. The van der Waals surface area contributed by atoms with E-state index in [0.717, 1.165) is 7.11 Å². The molecule has 0 saturated heterocycles. The van der Waals surface area contributed by atoms with Crippen molar-refractivity contribution in [3.8, 4) is 11.8 Å². The van der Waals surface area contributed by atoms with E-state index in [0.29, 0.717) is 0 Å². The van der Waals surface area contributed by atoms with Gasteiger partial charge in [-0.05, 0) is 13.8 Å². The number of rotatable bonds is 5. The van der Waals surface area contributed by atoms with Crippen LogP contribution in [0.15, 0.2) is 0 Å². The Balaban J connectivity index is 4.28. The third kappa shape index (κ3) is 7.57. The summed E-state index contributed by atoms with van der Waals surface area (Å²) in [5.74, 6) is 0.293. The number of carbonyl (C=O) groups is 4. The van der Waals surface area contributed by atoms with E-state index in [9.17, 15) is 19.2 Å². The molecule has 8 heteroatoms. The highest BCUT2D eigenvalue weighted by atomic mass is 16.6. The molecule has 0 atom stereocenters. The van der Waals surface area contributed by atoms with E-state index >= 15 is 0 Å². The lowest BCUT2D eigenvalue weighted by Gasteiger charge is -2.19. The fourth-order valence-corrected chi connectivity index (χ4v) is 0.939. The summed E-state index contributed by atoms with van der Waals surface area (Å²) in [6, 6.07) is 0. The predicted molar refractivity (Wildman–Crippen MR) is 67.5 cm³/mol. The molecule has 0 saturated carbocycles. The molecule has 116 valence electrons. The van der Waals surface area contributed by atoms with Crippen molar-refractivity contribution in [2.24, 2.45) is 5.41 Å². The molecular weight excluding hydrogens is 284 g/mol. The maximum absolute atomic E-state index is 11.3. The number of hydrogen-bond acceptors (Lipinski definition) is 8. The minimum absolute atomic E-state index is 0.260. The molecular formula is C13H16O8. The molecule has 0 radical (unpaired) electrons. The van der Waals surface area contributed by atoms with Gasteiger partial charge in [0.2, 0.25) is 0 Å². The highest BCUT2D eigenvalue weighted by Gasteiger charge is 2.30. The minimum atomic E-state index is -1.08. The van der Waals surface area contributed by atoms with Crippen molar-refractivity contribution in [2.45, 2.75) is 13.8 Å². The Kier molecular flexibility index (Phi) is 7.53. The van der Waals surface area contributed by atoms with Gasteiger partial charge in [-0.15, -0.1) is 0 Å². The van der Waals surface area contributed by atoms with Gasteiger partial charge in [0, 0.05) is 11.8 Å². The van der Waals surface area contributed by atoms with Crippen LogP contribution >= 0.6 is 0 Å². The molecule has 0 rings (SSSR count). The first kappa shape index (κ1) is 18.4. The fourth-order valence-electron chi connectivity index (χ4n) is 0.939. The zero-order valence-electron chi connectivity index (χ0n) is 12.2. The van der Waals surface area contributed by atoms with Crippen molar-refractivity contribution in [2.75, 3.05) is 27.4 Å². The molecule has 0 aliphatic rings. The van der Waals surface area contributed by atoms with Crippen molar-refractivity contribution in [1.82, 2.24) is 0 Å². The molecule has 0 spiro atoms. The van der Waals surface area contributed by atoms with Crippen LogP contribution in [0.25, 0.3) is 0 Å². The average molecular weight is 300 g/mol. The van der Waals surface area contributed by atoms with E-state index in [1.165, 1.54) is 21.0 Å². The first-order chi connectivity index (χ1) is 9.72. The van der Waals surface area contributed by atoms with Gasteiger partial charge in [-0.2, -0.15) is 0 Å². The van der Waals surface area contributed by atoms with E-state index in [4.69, 9.17) is 4.74 Å². The van der Waals surface area contributed by atoms with Gasteiger partial charge in [0.1, 0.15) is 6.61 Å². The molecule has 0 aromatic carbocycles. The highest BCUT2D eigenvalue weighted by Crippen LogP contribution is 2.17.